The number of amides is 2. The van der Waals surface area contributed by atoms with Crippen LogP contribution in [-0.2, 0) is 9.47 Å². The highest BCUT2D eigenvalue weighted by molar-refractivity contribution is 5.90. The molecule has 4 rings (SSSR count). The van der Waals surface area contributed by atoms with Gasteiger partial charge in [0.1, 0.15) is 17.9 Å². The number of nitrogens with zero attached hydrogens (tertiary/aromatic N) is 3. The van der Waals surface area contributed by atoms with E-state index in [4.69, 9.17) is 9.47 Å². The van der Waals surface area contributed by atoms with Crippen molar-refractivity contribution < 1.29 is 23.5 Å². The standard InChI is InChI=1S/C24H30FN5O4/c1-24(2,3)34-22(31)28-17-9-7-16(8-10-17)27-21-26-14-19(25)20(29-21)15-5-4-6-18(13-15)30-11-12-33-23(30)32/h4-6,13-14,16-17H,7-12H2,1-3H3,(H,28,31)(H,26,27,29). The molecule has 0 bridgehead atoms. The summed E-state index contributed by atoms with van der Waals surface area (Å²) in [6.45, 7) is 6.28. The summed E-state index contributed by atoms with van der Waals surface area (Å²) in [5, 5.41) is 6.21. The second kappa shape index (κ2) is 9.82. The summed E-state index contributed by atoms with van der Waals surface area (Å²) in [5.74, 6) is -0.206. The second-order valence-electron chi connectivity index (χ2n) is 9.55. The normalized spacial score (nSPS) is 20.6. The lowest BCUT2D eigenvalue weighted by atomic mass is 9.91. The van der Waals surface area contributed by atoms with E-state index in [2.05, 4.69) is 20.6 Å². The smallest absolute Gasteiger partial charge is 0.414 e. The molecular formula is C24H30FN5O4. The summed E-state index contributed by atoms with van der Waals surface area (Å²) in [5.41, 5.74) is 0.804. The van der Waals surface area contributed by atoms with Gasteiger partial charge in [-0.05, 0) is 58.6 Å². The summed E-state index contributed by atoms with van der Waals surface area (Å²) in [6, 6.07) is 7.16. The zero-order valence-corrected chi connectivity index (χ0v) is 19.6. The van der Waals surface area contributed by atoms with Crippen molar-refractivity contribution in [3.05, 3.63) is 36.3 Å². The van der Waals surface area contributed by atoms with Gasteiger partial charge >= 0.3 is 12.2 Å². The van der Waals surface area contributed by atoms with E-state index in [-0.39, 0.29) is 17.8 Å². The maximum atomic E-state index is 14.6. The third-order valence-corrected chi connectivity index (χ3v) is 5.72. The van der Waals surface area contributed by atoms with Crippen molar-refractivity contribution in [2.24, 2.45) is 0 Å². The Balaban J connectivity index is 1.38. The molecule has 0 spiro atoms. The van der Waals surface area contributed by atoms with Gasteiger partial charge in [-0.15, -0.1) is 0 Å². The van der Waals surface area contributed by atoms with Crippen molar-refractivity contribution >= 4 is 23.8 Å². The minimum atomic E-state index is -0.544. The van der Waals surface area contributed by atoms with Crippen LogP contribution in [0.15, 0.2) is 30.5 Å². The van der Waals surface area contributed by atoms with Gasteiger partial charge in [-0.1, -0.05) is 12.1 Å². The minimum absolute atomic E-state index is 0.0533. The number of carbonyl (C=O) groups is 2. The Labute approximate surface area is 198 Å². The van der Waals surface area contributed by atoms with Gasteiger partial charge < -0.3 is 20.1 Å². The Morgan fingerprint density at radius 3 is 2.62 bits per heavy atom. The Kier molecular flexibility index (Phi) is 6.85. The van der Waals surface area contributed by atoms with Crippen LogP contribution in [0.5, 0.6) is 0 Å². The number of aromatic nitrogens is 2. The number of carbonyl (C=O) groups excluding carboxylic acids is 2. The number of benzene rings is 1. The first-order valence-corrected chi connectivity index (χ1v) is 11.5. The number of hydrogen-bond donors (Lipinski definition) is 2. The van der Waals surface area contributed by atoms with Crippen molar-refractivity contribution in [2.45, 2.75) is 64.1 Å². The first-order chi connectivity index (χ1) is 16.2. The molecule has 0 atom stereocenters. The molecule has 34 heavy (non-hydrogen) atoms. The van der Waals surface area contributed by atoms with Crippen molar-refractivity contribution in [1.29, 1.82) is 0 Å². The average molecular weight is 472 g/mol. The molecule has 2 amide bonds. The van der Waals surface area contributed by atoms with Crippen LogP contribution in [-0.4, -0.2) is 53.0 Å². The molecule has 1 saturated carbocycles. The molecule has 2 heterocycles. The summed E-state index contributed by atoms with van der Waals surface area (Å²) in [7, 11) is 0. The van der Waals surface area contributed by atoms with E-state index in [0.29, 0.717) is 30.4 Å². The van der Waals surface area contributed by atoms with Crippen molar-refractivity contribution in [1.82, 2.24) is 15.3 Å². The summed E-state index contributed by atoms with van der Waals surface area (Å²) < 4.78 is 24.9. The number of rotatable bonds is 5. The van der Waals surface area contributed by atoms with E-state index in [1.165, 1.54) is 4.90 Å². The molecule has 182 valence electrons. The maximum absolute atomic E-state index is 14.6. The van der Waals surface area contributed by atoms with Gasteiger partial charge in [0.25, 0.3) is 0 Å². The Bertz CT molecular complexity index is 1050. The average Bonchev–Trinajstić information content (AvgIpc) is 3.21. The maximum Gasteiger partial charge on any atom is 0.414 e. The van der Waals surface area contributed by atoms with Crippen LogP contribution in [0, 0.1) is 5.82 Å². The van der Waals surface area contributed by atoms with Gasteiger partial charge in [-0.25, -0.2) is 23.9 Å². The van der Waals surface area contributed by atoms with E-state index >= 15 is 0 Å². The number of nitrogens with one attached hydrogen (secondary N) is 2. The molecule has 1 aromatic carbocycles. The van der Waals surface area contributed by atoms with Crippen LogP contribution < -0.4 is 15.5 Å². The topological polar surface area (TPSA) is 106 Å². The van der Waals surface area contributed by atoms with E-state index in [9.17, 15) is 14.0 Å². The molecule has 1 aromatic heterocycles. The monoisotopic (exact) mass is 471 g/mol. The molecule has 2 fully saturated rings. The van der Waals surface area contributed by atoms with Gasteiger partial charge in [0.15, 0.2) is 5.82 Å². The van der Waals surface area contributed by atoms with Gasteiger partial charge in [0.05, 0.1) is 12.7 Å². The largest absolute Gasteiger partial charge is 0.447 e. The SMILES string of the molecule is CC(C)(C)OC(=O)NC1CCC(Nc2ncc(F)c(-c3cccc(N4CCOC4=O)c3)n2)CC1. The molecule has 0 unspecified atom stereocenters. The predicted molar refractivity (Wildman–Crippen MR) is 125 cm³/mol. The Morgan fingerprint density at radius 2 is 1.94 bits per heavy atom. The predicted octanol–water partition coefficient (Wildman–Crippen LogP) is 4.49. The van der Waals surface area contributed by atoms with E-state index in [1.807, 2.05) is 20.8 Å². The highest BCUT2D eigenvalue weighted by Crippen LogP contribution is 2.28. The van der Waals surface area contributed by atoms with E-state index < -0.39 is 23.6 Å². The first kappa shape index (κ1) is 23.7. The van der Waals surface area contributed by atoms with Gasteiger partial charge in [-0.3, -0.25) is 4.90 Å². The highest BCUT2D eigenvalue weighted by Gasteiger charge is 2.26. The van der Waals surface area contributed by atoms with Crippen molar-refractivity contribution in [2.75, 3.05) is 23.4 Å². The van der Waals surface area contributed by atoms with Crippen molar-refractivity contribution in [3.8, 4) is 11.3 Å². The lowest BCUT2D eigenvalue weighted by molar-refractivity contribution is 0.0492. The summed E-state index contributed by atoms with van der Waals surface area (Å²) in [6.07, 6.45) is 3.53. The van der Waals surface area contributed by atoms with E-state index in [1.54, 1.807) is 24.3 Å². The van der Waals surface area contributed by atoms with Crippen LogP contribution in [0.3, 0.4) is 0 Å². The fourth-order valence-electron chi connectivity index (χ4n) is 4.13. The zero-order chi connectivity index (χ0) is 24.3. The number of hydrogen-bond acceptors (Lipinski definition) is 7. The second-order valence-corrected chi connectivity index (χ2v) is 9.55. The Morgan fingerprint density at radius 1 is 1.21 bits per heavy atom. The molecule has 9 nitrogen and oxygen atoms in total. The first-order valence-electron chi connectivity index (χ1n) is 11.5. The quantitative estimate of drug-likeness (QED) is 0.662. The zero-order valence-electron chi connectivity index (χ0n) is 19.6. The molecule has 1 saturated heterocycles. The van der Waals surface area contributed by atoms with Gasteiger partial charge in [0.2, 0.25) is 5.95 Å². The fraction of sp³-hybridized carbons (Fsp3) is 0.500. The van der Waals surface area contributed by atoms with Crippen molar-refractivity contribution in [3.63, 3.8) is 0 Å². The number of halogens is 1. The van der Waals surface area contributed by atoms with Crippen LogP contribution in [0.2, 0.25) is 0 Å². The van der Waals surface area contributed by atoms with Crippen LogP contribution in [0.4, 0.5) is 25.6 Å². The number of anilines is 2. The molecule has 2 aliphatic rings. The fourth-order valence-corrected chi connectivity index (χ4v) is 4.13. The summed E-state index contributed by atoms with van der Waals surface area (Å²) >= 11 is 0. The molecule has 2 aromatic rings. The van der Waals surface area contributed by atoms with Crippen LogP contribution in [0.25, 0.3) is 11.3 Å². The van der Waals surface area contributed by atoms with E-state index in [0.717, 1.165) is 31.9 Å². The molecule has 10 heteroatoms. The molecule has 2 N–H and O–H groups in total. The molecular weight excluding hydrogens is 441 g/mol. The number of ether oxygens (including phenoxy) is 2. The molecule has 1 aliphatic heterocycles. The third kappa shape index (κ3) is 5.92. The highest BCUT2D eigenvalue weighted by atomic mass is 19.1. The van der Waals surface area contributed by atoms with Gasteiger partial charge in [-0.2, -0.15) is 0 Å². The molecule has 0 radical (unpaired) electrons. The van der Waals surface area contributed by atoms with Gasteiger partial charge in [0, 0.05) is 23.3 Å². The molecule has 1 aliphatic carbocycles. The Hall–Kier alpha value is -3.43. The minimum Gasteiger partial charge on any atom is -0.447 e. The lowest BCUT2D eigenvalue weighted by Crippen LogP contribution is -2.42. The van der Waals surface area contributed by atoms with Crippen LogP contribution in [0.1, 0.15) is 46.5 Å². The lowest BCUT2D eigenvalue weighted by Gasteiger charge is -2.30. The van der Waals surface area contributed by atoms with Crippen LogP contribution >= 0.6 is 0 Å². The summed E-state index contributed by atoms with van der Waals surface area (Å²) in [4.78, 5) is 33.9. The third-order valence-electron chi connectivity index (χ3n) is 5.72. The number of cyclic esters (lactones) is 1. The number of alkyl carbamates (subject to hydrolysis) is 1.